The average Bonchev–Trinajstić information content (AvgIpc) is 2.47. The molecule has 0 saturated heterocycles. The molecular formula is C18H40INO2S2. The van der Waals surface area contributed by atoms with E-state index in [0.29, 0.717) is 0 Å². The summed E-state index contributed by atoms with van der Waals surface area (Å²) in [6, 6.07) is 0. The second-order valence-electron chi connectivity index (χ2n) is 6.88. The maximum atomic E-state index is 11.5. The molecule has 3 nitrogen and oxygen atoms in total. The van der Waals surface area contributed by atoms with E-state index in [1.54, 1.807) is 0 Å². The van der Waals surface area contributed by atoms with E-state index in [1.807, 2.05) is 0 Å². The first kappa shape index (κ1) is 27.2. The first-order valence-electron chi connectivity index (χ1n) is 9.58. The van der Waals surface area contributed by atoms with Gasteiger partial charge in [-0.15, -0.1) is 0 Å². The molecule has 0 aliphatic rings. The molecule has 24 heavy (non-hydrogen) atoms. The van der Waals surface area contributed by atoms with E-state index >= 15 is 0 Å². The van der Waals surface area contributed by atoms with Crippen molar-refractivity contribution in [1.82, 2.24) is 0 Å². The fraction of sp³-hybridized carbons (Fsp3) is 1.00. The molecule has 0 aliphatic heterocycles. The lowest BCUT2D eigenvalue weighted by molar-refractivity contribution is -0.926. The van der Waals surface area contributed by atoms with E-state index in [2.05, 4.69) is 20.8 Å². The molecule has 0 amide bonds. The number of unbranched alkanes of at least 4 members (excludes halogenated alkanes) is 6. The Morgan fingerprint density at radius 3 is 1.38 bits per heavy atom. The fourth-order valence-corrected chi connectivity index (χ4v) is 5.04. The van der Waals surface area contributed by atoms with Crippen LogP contribution in [0.3, 0.4) is 0 Å². The van der Waals surface area contributed by atoms with Crippen LogP contribution in [0.4, 0.5) is 0 Å². The van der Waals surface area contributed by atoms with Gasteiger partial charge in [0, 0.05) is 6.26 Å². The predicted molar refractivity (Wildman–Crippen MR) is 106 cm³/mol. The molecule has 0 spiro atoms. The van der Waals surface area contributed by atoms with Gasteiger partial charge in [-0.3, -0.25) is 0 Å². The summed E-state index contributed by atoms with van der Waals surface area (Å²) in [5.41, 5.74) is 0. The molecule has 0 bridgehead atoms. The zero-order chi connectivity index (χ0) is 17.6. The van der Waals surface area contributed by atoms with Gasteiger partial charge in [0.05, 0.1) is 31.9 Å². The van der Waals surface area contributed by atoms with Crippen molar-refractivity contribution >= 4 is 19.7 Å². The first-order chi connectivity index (χ1) is 10.9. The minimum atomic E-state index is -2.92. The van der Waals surface area contributed by atoms with Crippen molar-refractivity contribution in [2.75, 3.05) is 38.2 Å². The quantitative estimate of drug-likeness (QED) is 0.143. The molecule has 148 valence electrons. The van der Waals surface area contributed by atoms with Crippen molar-refractivity contribution in [3.63, 3.8) is 0 Å². The zero-order valence-corrected chi connectivity index (χ0v) is 20.1. The van der Waals surface area contributed by atoms with Gasteiger partial charge >= 0.3 is 0 Å². The Labute approximate surface area is 172 Å². The standard InChI is InChI=1S/C18H40NO2S2.HI/c1-5-8-11-14-19(15-12-9-6-2,16-13-10-7-3)17-18-22-23(4,20)21;/h5-18H2,1-4H3;1H/q+1;/p-1. The van der Waals surface area contributed by atoms with E-state index in [4.69, 9.17) is 0 Å². The highest BCUT2D eigenvalue weighted by molar-refractivity contribution is 8.71. The van der Waals surface area contributed by atoms with E-state index in [0.717, 1.165) is 27.6 Å². The maximum absolute atomic E-state index is 11.5. The zero-order valence-electron chi connectivity index (χ0n) is 16.4. The molecule has 0 aromatic heterocycles. The highest BCUT2D eigenvalue weighted by Gasteiger charge is 2.26. The van der Waals surface area contributed by atoms with Crippen LogP contribution in [0.1, 0.15) is 78.6 Å². The Morgan fingerprint density at radius 1 is 0.708 bits per heavy atom. The molecule has 0 atom stereocenters. The van der Waals surface area contributed by atoms with E-state index in [1.165, 1.54) is 83.7 Å². The Hall–Kier alpha value is 0.990. The van der Waals surface area contributed by atoms with Crippen LogP contribution in [0.25, 0.3) is 0 Å². The predicted octanol–water partition coefficient (Wildman–Crippen LogP) is 2.07. The molecule has 0 aromatic carbocycles. The van der Waals surface area contributed by atoms with Gasteiger partial charge in [-0.2, -0.15) is 0 Å². The molecule has 0 heterocycles. The van der Waals surface area contributed by atoms with Crippen LogP contribution in [0.2, 0.25) is 0 Å². The third-order valence-electron chi connectivity index (χ3n) is 4.57. The Bertz CT molecular complexity index is 349. The van der Waals surface area contributed by atoms with Gasteiger partial charge < -0.3 is 28.5 Å². The summed E-state index contributed by atoms with van der Waals surface area (Å²) >= 11 is 0. The normalized spacial score (nSPS) is 12.2. The molecule has 0 unspecified atom stereocenters. The summed E-state index contributed by atoms with van der Waals surface area (Å²) in [4.78, 5) is 0. The molecule has 0 radical (unpaired) electrons. The molecule has 0 aliphatic carbocycles. The number of halogens is 1. The number of nitrogens with zero attached hydrogens (tertiary/aromatic N) is 1. The number of hydrogen-bond acceptors (Lipinski definition) is 3. The molecule has 0 rings (SSSR count). The van der Waals surface area contributed by atoms with Crippen molar-refractivity contribution in [1.29, 1.82) is 0 Å². The van der Waals surface area contributed by atoms with Crippen LogP contribution in [-0.2, 0) is 8.87 Å². The number of quaternary nitrogens is 1. The number of rotatable bonds is 16. The SMILES string of the molecule is CCCCC[N+](CCCCC)(CCCCC)CCSS(C)(=O)=O.[I-]. The third-order valence-corrected chi connectivity index (χ3v) is 7.13. The van der Waals surface area contributed by atoms with Gasteiger partial charge in [-0.25, -0.2) is 8.42 Å². The van der Waals surface area contributed by atoms with Crippen LogP contribution in [0, 0.1) is 0 Å². The van der Waals surface area contributed by atoms with Crippen LogP contribution >= 0.6 is 10.8 Å². The lowest BCUT2D eigenvalue weighted by Gasteiger charge is -2.39. The molecule has 6 heteroatoms. The molecular weight excluding hydrogens is 453 g/mol. The topological polar surface area (TPSA) is 34.1 Å². The summed E-state index contributed by atoms with van der Waals surface area (Å²) in [6.07, 6.45) is 12.8. The molecule has 0 fully saturated rings. The summed E-state index contributed by atoms with van der Waals surface area (Å²) in [6.45, 7) is 11.4. The maximum Gasteiger partial charge on any atom is 0.198 e. The summed E-state index contributed by atoms with van der Waals surface area (Å²) in [5, 5.41) is 0. The van der Waals surface area contributed by atoms with Crippen LogP contribution in [0.15, 0.2) is 0 Å². The second kappa shape index (κ2) is 16.2. The van der Waals surface area contributed by atoms with Crippen LogP contribution in [-0.4, -0.2) is 51.1 Å². The summed E-state index contributed by atoms with van der Waals surface area (Å²) < 4.78 is 24.0. The van der Waals surface area contributed by atoms with E-state index in [-0.39, 0.29) is 24.0 Å². The molecule has 0 aromatic rings. The van der Waals surface area contributed by atoms with E-state index < -0.39 is 8.87 Å². The van der Waals surface area contributed by atoms with Gasteiger partial charge in [0.2, 0.25) is 0 Å². The molecule has 0 N–H and O–H groups in total. The summed E-state index contributed by atoms with van der Waals surface area (Å²) in [7, 11) is -1.78. The minimum absolute atomic E-state index is 0. The smallest absolute Gasteiger partial charge is 0.198 e. The van der Waals surface area contributed by atoms with Crippen molar-refractivity contribution in [2.24, 2.45) is 0 Å². The highest BCUT2D eigenvalue weighted by Crippen LogP contribution is 2.19. The first-order valence-corrected chi connectivity index (χ1v) is 13.0. The Balaban J connectivity index is 0. The number of hydrogen-bond donors (Lipinski definition) is 0. The minimum Gasteiger partial charge on any atom is -1.00 e. The van der Waals surface area contributed by atoms with Gasteiger partial charge in [-0.1, -0.05) is 40.0 Å². The lowest BCUT2D eigenvalue weighted by Crippen LogP contribution is -3.00. The third kappa shape index (κ3) is 15.3. The monoisotopic (exact) mass is 493 g/mol. The van der Waals surface area contributed by atoms with Gasteiger partial charge in [-0.05, 0) is 49.3 Å². The van der Waals surface area contributed by atoms with Crippen LogP contribution in [0.5, 0.6) is 0 Å². The van der Waals surface area contributed by atoms with Gasteiger partial charge in [0.15, 0.2) is 8.87 Å². The Morgan fingerprint density at radius 2 is 1.08 bits per heavy atom. The van der Waals surface area contributed by atoms with Gasteiger partial charge in [0.25, 0.3) is 0 Å². The Kier molecular flexibility index (Phi) is 18.4. The van der Waals surface area contributed by atoms with Gasteiger partial charge in [0.1, 0.15) is 0 Å². The van der Waals surface area contributed by atoms with Crippen molar-refractivity contribution in [3.8, 4) is 0 Å². The van der Waals surface area contributed by atoms with Crippen molar-refractivity contribution in [2.45, 2.75) is 78.6 Å². The highest BCUT2D eigenvalue weighted by atomic mass is 127. The second-order valence-corrected chi connectivity index (χ2v) is 11.5. The van der Waals surface area contributed by atoms with Crippen molar-refractivity contribution in [3.05, 3.63) is 0 Å². The van der Waals surface area contributed by atoms with Crippen molar-refractivity contribution < 1.29 is 36.9 Å². The summed E-state index contributed by atoms with van der Waals surface area (Å²) in [5.74, 6) is 0.739. The lowest BCUT2D eigenvalue weighted by atomic mass is 10.1. The average molecular weight is 494 g/mol. The van der Waals surface area contributed by atoms with E-state index in [9.17, 15) is 8.42 Å². The van der Waals surface area contributed by atoms with Crippen LogP contribution < -0.4 is 24.0 Å². The largest absolute Gasteiger partial charge is 1.00 e. The fourth-order valence-electron chi connectivity index (χ4n) is 3.14. The molecule has 0 saturated carbocycles.